The second-order valence-corrected chi connectivity index (χ2v) is 19.2. The molecule has 9 rings (SSSR count). The Hall–Kier alpha value is -5.45. The highest BCUT2D eigenvalue weighted by Crippen LogP contribution is 2.78. The van der Waals surface area contributed by atoms with Crippen LogP contribution in [0, 0.1) is 0 Å². The van der Waals surface area contributed by atoms with Gasteiger partial charge in [0.15, 0.2) is 0 Å². The van der Waals surface area contributed by atoms with Crippen molar-refractivity contribution in [1.82, 2.24) is 18.6 Å². The van der Waals surface area contributed by atoms with Gasteiger partial charge < -0.3 is 9.05 Å². The summed E-state index contributed by atoms with van der Waals surface area (Å²) in [5.74, 6) is 1.25. The Morgan fingerprint density at radius 2 is 0.760 bits per heavy atom. The van der Waals surface area contributed by atoms with Gasteiger partial charge >= 0.3 is 15.2 Å². The van der Waals surface area contributed by atoms with Crippen molar-refractivity contribution in [2.75, 3.05) is 0 Å². The number of aromatic nitrogens is 4. The number of fused-ring (bicyclic) bond motifs is 2. The molecule has 0 bridgehead atoms. The van der Waals surface area contributed by atoms with Crippen LogP contribution in [-0.4, -0.2) is 18.6 Å². The Morgan fingerprint density at radius 3 is 1.22 bits per heavy atom. The summed E-state index contributed by atoms with van der Waals surface area (Å²) < 4.78 is 36.2. The summed E-state index contributed by atoms with van der Waals surface area (Å²) >= 11 is 0. The molecule has 9 nitrogen and oxygen atoms in total. The lowest BCUT2D eigenvalue weighted by atomic mass is 10.3. The van der Waals surface area contributed by atoms with Gasteiger partial charge in [-0.15, -0.1) is 4.52 Å². The summed E-state index contributed by atoms with van der Waals surface area (Å²) in [5.41, 5.74) is 3.30. The summed E-state index contributed by atoms with van der Waals surface area (Å²) in [7, 11) is -10.3. The zero-order valence-electron chi connectivity index (χ0n) is 26.6. The minimum atomic E-state index is -3.56. The molecule has 0 radical (unpaired) electrons. The fraction of sp³-hybridized carbons (Fsp3) is 0. The van der Waals surface area contributed by atoms with Crippen molar-refractivity contribution in [2.45, 2.75) is 0 Å². The van der Waals surface area contributed by atoms with Crippen LogP contribution in [0.15, 0.2) is 196 Å². The van der Waals surface area contributed by atoms with Crippen LogP contribution < -0.4 is 19.7 Å². The van der Waals surface area contributed by atoms with E-state index in [2.05, 4.69) is 24.3 Å². The lowest BCUT2D eigenvalue weighted by molar-refractivity contribution is 0.581. The molecule has 0 N–H and O–H groups in total. The molecule has 2 atom stereocenters. The number of hydrogen-bond acceptors (Lipinski definition) is 7. The third-order valence-electron chi connectivity index (χ3n) is 8.33. The second kappa shape index (κ2) is 12.5. The Labute approximate surface area is 289 Å². The van der Waals surface area contributed by atoms with E-state index in [0.29, 0.717) is 11.5 Å². The highest BCUT2D eigenvalue weighted by atomic mass is 31.3. The molecule has 244 valence electrons. The zero-order chi connectivity index (χ0) is 33.4. The molecular formula is C38H30N7O2P3. The van der Waals surface area contributed by atoms with Crippen molar-refractivity contribution < 1.29 is 9.05 Å². The van der Waals surface area contributed by atoms with Gasteiger partial charge in [0.2, 0.25) is 0 Å². The number of rotatable bonds is 8. The Morgan fingerprint density at radius 1 is 0.380 bits per heavy atom. The highest BCUT2D eigenvalue weighted by Gasteiger charge is 2.45. The predicted molar refractivity (Wildman–Crippen MR) is 205 cm³/mol. The molecule has 2 aromatic heterocycles. The van der Waals surface area contributed by atoms with Crippen LogP contribution in [0.25, 0.3) is 22.1 Å². The molecule has 3 heterocycles. The monoisotopic (exact) mass is 709 g/mol. The molecule has 1 aliphatic heterocycles. The summed E-state index contributed by atoms with van der Waals surface area (Å²) in [6.45, 7) is 0. The summed E-state index contributed by atoms with van der Waals surface area (Å²) in [6, 6.07) is 56.1. The number of benzene rings is 6. The van der Waals surface area contributed by atoms with Gasteiger partial charge in [-0.1, -0.05) is 121 Å². The molecule has 0 amide bonds. The molecule has 0 saturated carbocycles. The molecule has 50 heavy (non-hydrogen) atoms. The maximum Gasteiger partial charge on any atom is 0.366 e. The van der Waals surface area contributed by atoms with E-state index < -0.39 is 22.4 Å². The van der Waals surface area contributed by atoms with Crippen molar-refractivity contribution in [1.29, 1.82) is 0 Å². The van der Waals surface area contributed by atoms with Gasteiger partial charge in [0.25, 0.3) is 0 Å². The molecule has 0 saturated heterocycles. The van der Waals surface area contributed by atoms with Gasteiger partial charge in [0.05, 0.1) is 22.1 Å². The van der Waals surface area contributed by atoms with Crippen LogP contribution in [0.5, 0.6) is 11.5 Å². The lowest BCUT2D eigenvalue weighted by Gasteiger charge is -2.36. The van der Waals surface area contributed by atoms with Crippen molar-refractivity contribution >= 4 is 55.0 Å². The average molecular weight is 710 g/mol. The summed E-state index contributed by atoms with van der Waals surface area (Å²) in [5, 5.41) is 1.91. The quantitative estimate of drug-likeness (QED) is 0.147. The van der Waals surface area contributed by atoms with Crippen LogP contribution >= 0.6 is 22.4 Å². The van der Waals surface area contributed by atoms with Crippen molar-refractivity contribution in [3.63, 3.8) is 0 Å². The maximum absolute atomic E-state index is 7.28. The number of hydrogen-bond donors (Lipinski definition) is 0. The normalized spacial score (nSPS) is 19.6. The zero-order valence-corrected chi connectivity index (χ0v) is 29.3. The van der Waals surface area contributed by atoms with Gasteiger partial charge in [-0.25, -0.2) is 18.6 Å². The molecule has 12 heteroatoms. The molecule has 8 aromatic rings. The maximum atomic E-state index is 7.28. The number of nitrogens with zero attached hydrogens (tertiary/aromatic N) is 7. The molecule has 6 aromatic carbocycles. The Balaban J connectivity index is 1.53. The lowest BCUT2D eigenvalue weighted by Crippen LogP contribution is -2.19. The largest absolute Gasteiger partial charge is 0.426 e. The molecular weight excluding hydrogens is 679 g/mol. The minimum absolute atomic E-state index is 0.625. The fourth-order valence-electron chi connectivity index (χ4n) is 6.06. The van der Waals surface area contributed by atoms with Crippen molar-refractivity contribution in [2.24, 2.45) is 13.5 Å². The first-order chi connectivity index (χ1) is 24.7. The molecule has 0 fully saturated rings. The first-order valence-corrected chi connectivity index (χ1v) is 20.9. The van der Waals surface area contributed by atoms with Gasteiger partial charge in [0, 0.05) is 10.6 Å². The van der Waals surface area contributed by atoms with Crippen LogP contribution in [0.3, 0.4) is 0 Å². The van der Waals surface area contributed by atoms with Crippen molar-refractivity contribution in [3.05, 3.63) is 183 Å². The van der Waals surface area contributed by atoms with E-state index in [9.17, 15) is 0 Å². The highest BCUT2D eigenvalue weighted by molar-refractivity contribution is 7.91. The predicted octanol–water partition coefficient (Wildman–Crippen LogP) is 10.6. The number of para-hydroxylation sites is 6. The SMILES string of the molecule is c1ccc(OP2(n3cnc4ccccc43)=NP(c3ccccc3)(c3ccccc3)=NP(Oc3ccccc3)(n3cnc4ccccc43)=N2)cc1. The van der Waals surface area contributed by atoms with E-state index in [1.807, 2.05) is 154 Å². The van der Waals surface area contributed by atoms with Crippen LogP contribution in [0.4, 0.5) is 0 Å². The standard InChI is InChI=1S/C38H30N7O2P3/c1-5-17-31(18-6-1)46-49(44-29-39-35-25-13-15-27-37(35)44)41-48(33-21-9-3-10-22-33,34-23-11-4-12-24-34)42-50(43-49,47-32-19-7-2-8-20-32)45-30-40-36-26-14-16-28-38(36)45/h1-30H. The third-order valence-corrected chi connectivity index (χ3v) is 18.8. The fourth-order valence-corrected chi connectivity index (χ4v) is 18.7. The second-order valence-electron chi connectivity index (χ2n) is 11.5. The van der Waals surface area contributed by atoms with E-state index in [4.69, 9.17) is 32.6 Å². The number of imidazole rings is 2. The van der Waals surface area contributed by atoms with Crippen LogP contribution in [0.2, 0.25) is 0 Å². The smallest absolute Gasteiger partial charge is 0.366 e. The Kier molecular flexibility index (Phi) is 7.62. The van der Waals surface area contributed by atoms with Crippen LogP contribution in [-0.2, 0) is 0 Å². The van der Waals surface area contributed by atoms with E-state index >= 15 is 0 Å². The first-order valence-electron chi connectivity index (χ1n) is 16.0. The van der Waals surface area contributed by atoms with Gasteiger partial charge in [-0.2, -0.15) is 9.03 Å². The van der Waals surface area contributed by atoms with Gasteiger partial charge in [-0.05, 0) is 48.5 Å². The van der Waals surface area contributed by atoms with Gasteiger partial charge in [-0.3, -0.25) is 0 Å². The minimum Gasteiger partial charge on any atom is -0.426 e. The van der Waals surface area contributed by atoms with Crippen molar-refractivity contribution in [3.8, 4) is 11.5 Å². The third kappa shape index (κ3) is 5.23. The average Bonchev–Trinajstić information content (AvgIpc) is 3.82. The van der Waals surface area contributed by atoms with Gasteiger partial charge in [0.1, 0.15) is 31.4 Å². The molecule has 2 unspecified atom stereocenters. The van der Waals surface area contributed by atoms with E-state index in [0.717, 1.165) is 32.7 Å². The molecule has 0 spiro atoms. The van der Waals surface area contributed by atoms with Crippen LogP contribution in [0.1, 0.15) is 0 Å². The van der Waals surface area contributed by atoms with E-state index in [1.165, 1.54) is 0 Å². The molecule has 1 aliphatic rings. The molecule has 0 aliphatic carbocycles. The van der Waals surface area contributed by atoms with E-state index in [1.54, 1.807) is 12.7 Å². The van der Waals surface area contributed by atoms with E-state index in [-0.39, 0.29) is 0 Å². The Bertz CT molecular complexity index is 2480. The summed E-state index contributed by atoms with van der Waals surface area (Å²) in [4.78, 5) is 9.69. The topological polar surface area (TPSA) is 91.2 Å². The first kappa shape index (κ1) is 30.6. The summed E-state index contributed by atoms with van der Waals surface area (Å²) in [6.07, 6.45) is 3.60.